The molecular weight excluding hydrogens is 256 g/mol. The van der Waals surface area contributed by atoms with Gasteiger partial charge in [-0.2, -0.15) is 0 Å². The fourth-order valence-corrected chi connectivity index (χ4v) is 2.53. The highest BCUT2D eigenvalue weighted by molar-refractivity contribution is 5.27. The maximum atomic E-state index is 5.96. The summed E-state index contributed by atoms with van der Waals surface area (Å²) in [6.45, 7) is 2.71. The third-order valence-electron chi connectivity index (χ3n) is 3.57. The topological polar surface area (TPSA) is 36.9 Å². The average Bonchev–Trinajstić information content (AvgIpc) is 2.88. The van der Waals surface area contributed by atoms with Crippen LogP contribution in [0.5, 0.6) is 5.75 Å². The predicted molar refractivity (Wildman–Crippen MR) is 76.8 cm³/mol. The molecule has 1 aromatic rings. The van der Waals surface area contributed by atoms with Crippen molar-refractivity contribution >= 4 is 0 Å². The Bertz CT molecular complexity index is 407. The molecule has 0 amide bonds. The lowest BCUT2D eigenvalue weighted by Crippen LogP contribution is -2.25. The van der Waals surface area contributed by atoms with Gasteiger partial charge in [-0.05, 0) is 24.1 Å². The third-order valence-corrected chi connectivity index (χ3v) is 3.57. The molecule has 4 heteroatoms. The smallest absolute Gasteiger partial charge is 0.183 e. The Morgan fingerprint density at radius 2 is 2.15 bits per heavy atom. The summed E-state index contributed by atoms with van der Waals surface area (Å²) in [5.74, 6) is 0.848. The maximum absolute atomic E-state index is 5.96. The molecule has 20 heavy (non-hydrogen) atoms. The second kappa shape index (κ2) is 7.62. The molecule has 4 nitrogen and oxygen atoms in total. The van der Waals surface area contributed by atoms with Gasteiger partial charge in [0.05, 0.1) is 19.8 Å². The summed E-state index contributed by atoms with van der Waals surface area (Å²) in [4.78, 5) is 0. The van der Waals surface area contributed by atoms with E-state index in [-0.39, 0.29) is 18.5 Å². The Hall–Kier alpha value is -1.10. The number of hydrogen-bond donors (Lipinski definition) is 0. The summed E-state index contributed by atoms with van der Waals surface area (Å²) in [5.41, 5.74) is 1.10. The number of methoxy groups -OCH3 is 2. The van der Waals surface area contributed by atoms with E-state index in [2.05, 4.69) is 6.92 Å². The minimum absolute atomic E-state index is 0.00255. The fraction of sp³-hybridized carbons (Fsp3) is 0.625. The van der Waals surface area contributed by atoms with Crippen LogP contribution in [0.2, 0.25) is 0 Å². The van der Waals surface area contributed by atoms with E-state index in [4.69, 9.17) is 18.9 Å². The molecule has 0 saturated carbocycles. The SMILES string of the molecule is CCC[C@H]1C[C@@H](OCc2cccc(OC)c2)[C@H](OC)O1. The first-order valence-electron chi connectivity index (χ1n) is 7.19. The van der Waals surface area contributed by atoms with E-state index in [1.54, 1.807) is 14.2 Å². The molecule has 0 spiro atoms. The number of benzene rings is 1. The average molecular weight is 280 g/mol. The van der Waals surface area contributed by atoms with E-state index >= 15 is 0 Å². The zero-order chi connectivity index (χ0) is 14.4. The van der Waals surface area contributed by atoms with Gasteiger partial charge in [0.15, 0.2) is 6.29 Å². The fourth-order valence-electron chi connectivity index (χ4n) is 2.53. The van der Waals surface area contributed by atoms with Crippen molar-refractivity contribution in [2.24, 2.45) is 0 Å². The highest BCUT2D eigenvalue weighted by Gasteiger charge is 2.35. The van der Waals surface area contributed by atoms with Gasteiger partial charge in [-0.3, -0.25) is 0 Å². The van der Waals surface area contributed by atoms with Crippen molar-refractivity contribution in [3.8, 4) is 5.75 Å². The van der Waals surface area contributed by atoms with Crippen LogP contribution in [0.1, 0.15) is 31.7 Å². The van der Waals surface area contributed by atoms with Crippen molar-refractivity contribution in [1.29, 1.82) is 0 Å². The van der Waals surface area contributed by atoms with Crippen molar-refractivity contribution in [3.63, 3.8) is 0 Å². The molecule has 0 aromatic heterocycles. The third kappa shape index (κ3) is 3.95. The van der Waals surface area contributed by atoms with Crippen LogP contribution in [0, 0.1) is 0 Å². The summed E-state index contributed by atoms with van der Waals surface area (Å²) >= 11 is 0. The van der Waals surface area contributed by atoms with Crippen molar-refractivity contribution in [2.75, 3.05) is 14.2 Å². The summed E-state index contributed by atoms with van der Waals surface area (Å²) in [5, 5.41) is 0. The van der Waals surface area contributed by atoms with Gasteiger partial charge in [0.2, 0.25) is 0 Å². The van der Waals surface area contributed by atoms with E-state index < -0.39 is 0 Å². The Kier molecular flexibility index (Phi) is 5.83. The highest BCUT2D eigenvalue weighted by Crippen LogP contribution is 2.27. The zero-order valence-corrected chi connectivity index (χ0v) is 12.5. The summed E-state index contributed by atoms with van der Waals surface area (Å²) < 4.78 is 22.4. The second-order valence-corrected chi connectivity index (χ2v) is 5.09. The van der Waals surface area contributed by atoms with Crippen LogP contribution in [0.4, 0.5) is 0 Å². The molecule has 1 aromatic carbocycles. The van der Waals surface area contributed by atoms with Crippen LogP contribution in [0.15, 0.2) is 24.3 Å². The van der Waals surface area contributed by atoms with Crippen LogP contribution in [-0.4, -0.2) is 32.7 Å². The van der Waals surface area contributed by atoms with Gasteiger partial charge in [0.1, 0.15) is 11.9 Å². The lowest BCUT2D eigenvalue weighted by atomic mass is 10.1. The summed E-state index contributed by atoms with van der Waals surface area (Å²) in [7, 11) is 3.34. The first-order chi connectivity index (χ1) is 9.76. The van der Waals surface area contributed by atoms with Crippen LogP contribution in [0.25, 0.3) is 0 Å². The van der Waals surface area contributed by atoms with Crippen LogP contribution in [-0.2, 0) is 20.8 Å². The highest BCUT2D eigenvalue weighted by atomic mass is 16.7. The first kappa shape index (κ1) is 15.3. The minimum Gasteiger partial charge on any atom is -0.497 e. The predicted octanol–water partition coefficient (Wildman–Crippen LogP) is 3.14. The molecule has 3 atom stereocenters. The first-order valence-corrected chi connectivity index (χ1v) is 7.19. The molecule has 0 unspecified atom stereocenters. The van der Waals surface area contributed by atoms with E-state index in [0.29, 0.717) is 6.61 Å². The van der Waals surface area contributed by atoms with Gasteiger partial charge >= 0.3 is 0 Å². The molecule has 0 aliphatic carbocycles. The van der Waals surface area contributed by atoms with Crippen LogP contribution in [0.3, 0.4) is 0 Å². The Morgan fingerprint density at radius 1 is 1.30 bits per heavy atom. The van der Waals surface area contributed by atoms with Gasteiger partial charge in [-0.25, -0.2) is 0 Å². The molecule has 1 fully saturated rings. The zero-order valence-electron chi connectivity index (χ0n) is 12.5. The van der Waals surface area contributed by atoms with Crippen LogP contribution >= 0.6 is 0 Å². The van der Waals surface area contributed by atoms with Crippen LogP contribution < -0.4 is 4.74 Å². The minimum atomic E-state index is -0.253. The summed E-state index contributed by atoms with van der Waals surface area (Å²) in [6.07, 6.45) is 3.07. The Balaban J connectivity index is 1.88. The largest absolute Gasteiger partial charge is 0.497 e. The maximum Gasteiger partial charge on any atom is 0.183 e. The van der Waals surface area contributed by atoms with Crippen molar-refractivity contribution < 1.29 is 18.9 Å². The molecule has 1 aliphatic rings. The Labute approximate surface area is 121 Å². The lowest BCUT2D eigenvalue weighted by Gasteiger charge is -2.17. The second-order valence-electron chi connectivity index (χ2n) is 5.09. The molecular formula is C16H24O4. The lowest BCUT2D eigenvalue weighted by molar-refractivity contribution is -0.163. The van der Waals surface area contributed by atoms with Crippen molar-refractivity contribution in [1.82, 2.24) is 0 Å². The van der Waals surface area contributed by atoms with E-state index in [1.807, 2.05) is 24.3 Å². The quantitative estimate of drug-likeness (QED) is 0.769. The number of hydrogen-bond acceptors (Lipinski definition) is 4. The Morgan fingerprint density at radius 3 is 2.85 bits per heavy atom. The molecule has 0 N–H and O–H groups in total. The normalized spacial score (nSPS) is 25.9. The van der Waals surface area contributed by atoms with Gasteiger partial charge < -0.3 is 18.9 Å². The van der Waals surface area contributed by atoms with Crippen molar-refractivity contribution in [3.05, 3.63) is 29.8 Å². The molecule has 1 heterocycles. The van der Waals surface area contributed by atoms with Gasteiger partial charge in [-0.15, -0.1) is 0 Å². The van der Waals surface area contributed by atoms with Gasteiger partial charge in [0.25, 0.3) is 0 Å². The van der Waals surface area contributed by atoms with Crippen molar-refractivity contribution in [2.45, 2.75) is 51.3 Å². The standard InChI is InChI=1S/C16H24O4/c1-4-6-14-10-15(16(18-3)20-14)19-11-12-7-5-8-13(9-12)17-2/h5,7-9,14-16H,4,6,10-11H2,1-3H3/t14-,15+,16+/m0/s1. The summed E-state index contributed by atoms with van der Waals surface area (Å²) in [6, 6.07) is 7.92. The number of rotatable bonds is 7. The molecule has 2 rings (SSSR count). The molecule has 0 radical (unpaired) electrons. The van der Waals surface area contributed by atoms with E-state index in [9.17, 15) is 0 Å². The monoisotopic (exact) mass is 280 g/mol. The van der Waals surface area contributed by atoms with Gasteiger partial charge in [0, 0.05) is 13.5 Å². The molecule has 1 saturated heterocycles. The van der Waals surface area contributed by atoms with E-state index in [1.165, 1.54) is 0 Å². The molecule has 112 valence electrons. The van der Waals surface area contributed by atoms with E-state index in [0.717, 1.165) is 30.6 Å². The molecule has 1 aliphatic heterocycles. The molecule has 0 bridgehead atoms. The number of ether oxygens (including phenoxy) is 4. The van der Waals surface area contributed by atoms with Gasteiger partial charge in [-0.1, -0.05) is 25.5 Å².